The van der Waals surface area contributed by atoms with Crippen molar-refractivity contribution in [1.82, 2.24) is 0 Å². The van der Waals surface area contributed by atoms with Gasteiger partial charge in [-0.25, -0.2) is 0 Å². The van der Waals surface area contributed by atoms with Gasteiger partial charge >= 0.3 is 0 Å². The molecule has 2 nitrogen and oxygen atoms in total. The van der Waals surface area contributed by atoms with Crippen molar-refractivity contribution in [2.24, 2.45) is 0 Å². The average molecular weight is 246 g/mol. The average Bonchev–Trinajstić information content (AvgIpc) is 2.38. The second-order valence-corrected chi connectivity index (χ2v) is 4.52. The molecule has 0 aliphatic carbocycles. The molecule has 98 valence electrons. The molecule has 1 aromatic carbocycles. The van der Waals surface area contributed by atoms with Crippen LogP contribution in [0.1, 0.15) is 33.3 Å². The number of hydrogen-bond donors (Lipinski definition) is 1. The minimum atomic E-state index is 0.0362. The van der Waals surface area contributed by atoms with E-state index in [4.69, 9.17) is 9.84 Å². The molecule has 1 N–H and O–H groups in total. The van der Waals surface area contributed by atoms with Crippen LogP contribution >= 0.6 is 0 Å². The van der Waals surface area contributed by atoms with Gasteiger partial charge in [0.15, 0.2) is 0 Å². The summed E-state index contributed by atoms with van der Waals surface area (Å²) in [5.41, 5.74) is 4.64. The molecule has 0 saturated heterocycles. The van der Waals surface area contributed by atoms with Crippen LogP contribution in [0.2, 0.25) is 0 Å². The summed E-state index contributed by atoms with van der Waals surface area (Å²) >= 11 is 0. The lowest BCUT2D eigenvalue weighted by Crippen LogP contribution is -2.03. The first-order valence-corrected chi connectivity index (χ1v) is 6.22. The van der Waals surface area contributed by atoms with E-state index in [9.17, 15) is 0 Å². The van der Waals surface area contributed by atoms with E-state index in [1.54, 1.807) is 0 Å². The number of aliphatic hydroxyl groups excluding tert-OH is 1. The second kappa shape index (κ2) is 7.02. The summed E-state index contributed by atoms with van der Waals surface area (Å²) in [5.74, 6) is 0.880. The van der Waals surface area contributed by atoms with E-state index in [-0.39, 0.29) is 6.61 Å². The normalized spacial score (nSPS) is 11.8. The molecule has 0 saturated carbocycles. The molecule has 2 heteroatoms. The number of ether oxygens (including phenoxy) is 1. The highest BCUT2D eigenvalue weighted by Gasteiger charge is 2.08. The molecule has 0 fully saturated rings. The van der Waals surface area contributed by atoms with Crippen molar-refractivity contribution in [3.8, 4) is 0 Å². The zero-order valence-corrected chi connectivity index (χ0v) is 11.7. The lowest BCUT2D eigenvalue weighted by molar-refractivity contribution is 0.148. The Morgan fingerprint density at radius 2 is 1.67 bits per heavy atom. The van der Waals surface area contributed by atoms with Gasteiger partial charge in [-0.15, -0.1) is 0 Å². The Balaban J connectivity index is 3.09. The van der Waals surface area contributed by atoms with E-state index in [0.29, 0.717) is 6.61 Å². The monoisotopic (exact) mass is 246 g/mol. The van der Waals surface area contributed by atoms with Gasteiger partial charge < -0.3 is 9.84 Å². The molecule has 0 radical (unpaired) electrons. The Morgan fingerprint density at radius 3 is 2.17 bits per heavy atom. The van der Waals surface area contributed by atoms with Gasteiger partial charge in [-0.2, -0.15) is 0 Å². The van der Waals surface area contributed by atoms with Crippen LogP contribution in [-0.2, 0) is 4.74 Å². The Labute approximate surface area is 110 Å². The molecule has 0 aliphatic heterocycles. The summed E-state index contributed by atoms with van der Waals surface area (Å²) in [6, 6.07) is 10.3. The van der Waals surface area contributed by atoms with Gasteiger partial charge in [0, 0.05) is 0 Å². The van der Waals surface area contributed by atoms with Crippen molar-refractivity contribution in [3.05, 3.63) is 52.8 Å². The van der Waals surface area contributed by atoms with E-state index in [1.165, 1.54) is 11.1 Å². The third-order valence-corrected chi connectivity index (χ3v) is 2.90. The first-order chi connectivity index (χ1) is 8.57. The first-order valence-electron chi connectivity index (χ1n) is 6.22. The number of allylic oxidation sites excluding steroid dienone is 3. The molecule has 0 bridgehead atoms. The van der Waals surface area contributed by atoms with Crippen LogP contribution in [-0.4, -0.2) is 18.3 Å². The van der Waals surface area contributed by atoms with Crippen molar-refractivity contribution in [1.29, 1.82) is 0 Å². The minimum Gasteiger partial charge on any atom is -0.491 e. The standard InChI is InChI=1S/C16H22O2/c1-12(2)16(18-11-10-17)14(4)13(3)15-8-6-5-7-9-15/h5-9,17H,10-11H2,1-4H3/b14-13+. The molecule has 0 unspecified atom stereocenters. The van der Waals surface area contributed by atoms with Crippen molar-refractivity contribution in [2.45, 2.75) is 27.7 Å². The Kier molecular flexibility index (Phi) is 5.66. The highest BCUT2D eigenvalue weighted by molar-refractivity contribution is 5.69. The van der Waals surface area contributed by atoms with Gasteiger partial charge in [0.2, 0.25) is 0 Å². The zero-order chi connectivity index (χ0) is 13.5. The summed E-state index contributed by atoms with van der Waals surface area (Å²) in [5, 5.41) is 8.87. The van der Waals surface area contributed by atoms with E-state index in [1.807, 2.05) is 32.0 Å². The van der Waals surface area contributed by atoms with E-state index in [0.717, 1.165) is 16.9 Å². The highest BCUT2D eigenvalue weighted by atomic mass is 16.5. The van der Waals surface area contributed by atoms with Crippen molar-refractivity contribution >= 4 is 5.57 Å². The van der Waals surface area contributed by atoms with Crippen molar-refractivity contribution in [3.63, 3.8) is 0 Å². The molecule has 0 spiro atoms. The van der Waals surface area contributed by atoms with Crippen LogP contribution in [0.5, 0.6) is 0 Å². The van der Waals surface area contributed by atoms with E-state index >= 15 is 0 Å². The predicted molar refractivity (Wildman–Crippen MR) is 76.1 cm³/mol. The molecular formula is C16H22O2. The number of benzene rings is 1. The Hall–Kier alpha value is -1.54. The zero-order valence-electron chi connectivity index (χ0n) is 11.7. The van der Waals surface area contributed by atoms with Gasteiger partial charge in [-0.05, 0) is 50.0 Å². The molecule has 0 aliphatic rings. The van der Waals surface area contributed by atoms with Crippen LogP contribution in [0.25, 0.3) is 5.57 Å². The third-order valence-electron chi connectivity index (χ3n) is 2.90. The largest absolute Gasteiger partial charge is 0.491 e. The second-order valence-electron chi connectivity index (χ2n) is 4.52. The molecule has 0 atom stereocenters. The summed E-state index contributed by atoms with van der Waals surface area (Å²) < 4.78 is 5.63. The van der Waals surface area contributed by atoms with Crippen molar-refractivity contribution in [2.75, 3.05) is 13.2 Å². The molecule has 1 rings (SSSR count). The predicted octanol–water partition coefficient (Wildman–Crippen LogP) is 3.78. The van der Waals surface area contributed by atoms with Crippen LogP contribution < -0.4 is 0 Å². The van der Waals surface area contributed by atoms with E-state index < -0.39 is 0 Å². The molecule has 18 heavy (non-hydrogen) atoms. The fourth-order valence-electron chi connectivity index (χ4n) is 1.85. The van der Waals surface area contributed by atoms with Crippen LogP contribution in [0.15, 0.2) is 47.2 Å². The third kappa shape index (κ3) is 3.74. The van der Waals surface area contributed by atoms with Gasteiger partial charge in [-0.1, -0.05) is 30.3 Å². The number of aliphatic hydroxyl groups is 1. The van der Waals surface area contributed by atoms with Crippen LogP contribution in [0, 0.1) is 0 Å². The fraction of sp³-hybridized carbons (Fsp3) is 0.375. The number of hydrogen-bond acceptors (Lipinski definition) is 2. The van der Waals surface area contributed by atoms with E-state index in [2.05, 4.69) is 26.0 Å². The molecule has 0 aromatic heterocycles. The smallest absolute Gasteiger partial charge is 0.121 e. The lowest BCUT2D eigenvalue weighted by Gasteiger charge is -2.15. The van der Waals surface area contributed by atoms with Gasteiger partial charge in [-0.3, -0.25) is 0 Å². The lowest BCUT2D eigenvalue weighted by atomic mass is 10.00. The summed E-state index contributed by atoms with van der Waals surface area (Å²) in [6.07, 6.45) is 0. The quantitative estimate of drug-likeness (QED) is 0.633. The van der Waals surface area contributed by atoms with Gasteiger partial charge in [0.1, 0.15) is 12.4 Å². The molecular weight excluding hydrogens is 224 g/mol. The molecule has 1 aromatic rings. The Bertz CT molecular complexity index is 437. The molecule has 0 amide bonds. The Morgan fingerprint density at radius 1 is 1.06 bits per heavy atom. The SMILES string of the molecule is CC(C)=C(OCCO)/C(C)=C(\C)c1ccccc1. The van der Waals surface area contributed by atoms with Crippen LogP contribution in [0.3, 0.4) is 0 Å². The van der Waals surface area contributed by atoms with Crippen molar-refractivity contribution < 1.29 is 9.84 Å². The van der Waals surface area contributed by atoms with Gasteiger partial charge in [0.25, 0.3) is 0 Å². The highest BCUT2D eigenvalue weighted by Crippen LogP contribution is 2.25. The number of rotatable bonds is 5. The van der Waals surface area contributed by atoms with Gasteiger partial charge in [0.05, 0.1) is 6.61 Å². The maximum Gasteiger partial charge on any atom is 0.121 e. The topological polar surface area (TPSA) is 29.5 Å². The van der Waals surface area contributed by atoms with Crippen LogP contribution in [0.4, 0.5) is 0 Å². The fourth-order valence-corrected chi connectivity index (χ4v) is 1.85. The molecule has 0 heterocycles. The maximum absolute atomic E-state index is 8.87. The summed E-state index contributed by atoms with van der Waals surface area (Å²) in [6.45, 7) is 8.56. The summed E-state index contributed by atoms with van der Waals surface area (Å²) in [7, 11) is 0. The summed E-state index contributed by atoms with van der Waals surface area (Å²) in [4.78, 5) is 0. The first kappa shape index (κ1) is 14.5. The maximum atomic E-state index is 8.87. The minimum absolute atomic E-state index is 0.0362.